The van der Waals surface area contributed by atoms with Gasteiger partial charge in [-0.3, -0.25) is 4.79 Å². The van der Waals surface area contributed by atoms with Crippen LogP contribution in [0.1, 0.15) is 38.8 Å². The molecule has 0 saturated carbocycles. The third-order valence-corrected chi connectivity index (χ3v) is 5.91. The fourth-order valence-electron chi connectivity index (χ4n) is 2.58. The van der Waals surface area contributed by atoms with Crippen LogP contribution in [0, 0.1) is 0 Å². The van der Waals surface area contributed by atoms with Crippen molar-refractivity contribution in [2.45, 2.75) is 33.7 Å². The molecule has 3 heterocycles. The van der Waals surface area contributed by atoms with E-state index in [4.69, 9.17) is 10.2 Å². The smallest absolute Gasteiger partial charge is 0.255 e. The van der Waals surface area contributed by atoms with Crippen LogP contribution < -0.4 is 11.1 Å². The molecule has 0 aliphatic carbocycles. The van der Waals surface area contributed by atoms with E-state index in [0.29, 0.717) is 30.1 Å². The Labute approximate surface area is 183 Å². The zero-order chi connectivity index (χ0) is 21.5. The molecular weight excluding hydrogens is 418 g/mol. The van der Waals surface area contributed by atoms with Crippen molar-refractivity contribution in [1.82, 2.24) is 15.3 Å². The Morgan fingerprint density at radius 3 is 2.83 bits per heavy atom. The lowest BCUT2D eigenvalue weighted by Gasteiger charge is -2.09. The number of nitrogens with two attached hydrogens (primary N) is 1. The summed E-state index contributed by atoms with van der Waals surface area (Å²) < 4.78 is 5.34. The highest BCUT2D eigenvalue weighted by atomic mass is 32.1. The number of carbonyl (C=O) groups is 1. The second kappa shape index (κ2) is 10.1. The number of hydrogen-bond acceptors (Lipinski definition) is 7. The molecule has 0 aliphatic rings. The minimum absolute atomic E-state index is 0.112. The number of aromatic nitrogens is 2. The molecule has 0 radical (unpaired) electrons. The average Bonchev–Trinajstić information content (AvgIpc) is 3.49. The predicted octanol–water partition coefficient (Wildman–Crippen LogP) is 4.62. The van der Waals surface area contributed by atoms with Crippen LogP contribution in [0.25, 0.3) is 15.6 Å². The zero-order valence-electron chi connectivity index (χ0n) is 17.0. The first kappa shape index (κ1) is 21.7. The number of nitrogens with one attached hydrogen (secondary N) is 1. The van der Waals surface area contributed by atoms with E-state index in [1.54, 1.807) is 28.7 Å². The monoisotopic (exact) mass is 441 g/mol. The fraction of sp³-hybridized carbons (Fsp3) is 0.238. The molecule has 3 aromatic heterocycles. The molecular formula is C21H23N5O2S2. The number of nitrogens with zero attached hydrogens (tertiary/aromatic N) is 3. The van der Waals surface area contributed by atoms with Crippen molar-refractivity contribution in [2.24, 2.45) is 10.7 Å². The molecule has 30 heavy (non-hydrogen) atoms. The molecule has 3 rings (SSSR count). The number of thiazole rings is 1. The van der Waals surface area contributed by atoms with Crippen molar-refractivity contribution in [1.29, 1.82) is 0 Å². The second-order valence-electron chi connectivity index (χ2n) is 6.51. The molecule has 0 aliphatic heterocycles. The molecule has 1 amide bonds. The summed E-state index contributed by atoms with van der Waals surface area (Å²) in [7, 11) is 0. The maximum atomic E-state index is 12.8. The van der Waals surface area contributed by atoms with Crippen LogP contribution in [-0.4, -0.2) is 21.7 Å². The van der Waals surface area contributed by atoms with Crippen molar-refractivity contribution >= 4 is 40.1 Å². The minimum atomic E-state index is -0.302. The number of thiophene rings is 1. The van der Waals surface area contributed by atoms with Gasteiger partial charge in [0.1, 0.15) is 22.8 Å². The molecule has 7 nitrogen and oxygen atoms in total. The number of rotatable bonds is 8. The molecule has 0 atom stereocenters. The van der Waals surface area contributed by atoms with Crippen molar-refractivity contribution in [3.05, 3.63) is 64.2 Å². The normalized spacial score (nSPS) is 12.1. The number of amides is 1. The summed E-state index contributed by atoms with van der Waals surface area (Å²) in [4.78, 5) is 27.1. The van der Waals surface area contributed by atoms with Gasteiger partial charge >= 0.3 is 0 Å². The summed E-state index contributed by atoms with van der Waals surface area (Å²) in [6.07, 6.45) is 5.40. The Hall–Kier alpha value is -3.04. The maximum absolute atomic E-state index is 12.8. The molecule has 0 spiro atoms. The van der Waals surface area contributed by atoms with Gasteiger partial charge in [0, 0.05) is 5.38 Å². The Balaban J connectivity index is 1.73. The van der Waals surface area contributed by atoms with E-state index in [-0.39, 0.29) is 11.7 Å². The lowest BCUT2D eigenvalue weighted by molar-refractivity contribution is -0.117. The van der Waals surface area contributed by atoms with Crippen LogP contribution in [0.5, 0.6) is 0 Å². The zero-order valence-corrected chi connectivity index (χ0v) is 18.6. The van der Waals surface area contributed by atoms with Crippen LogP contribution in [0.2, 0.25) is 0 Å². The van der Waals surface area contributed by atoms with Gasteiger partial charge in [-0.05, 0) is 37.3 Å². The van der Waals surface area contributed by atoms with Gasteiger partial charge in [-0.25, -0.2) is 15.0 Å². The molecule has 0 aromatic carbocycles. The van der Waals surface area contributed by atoms with Crippen LogP contribution in [0.4, 0.5) is 0 Å². The Morgan fingerprint density at radius 1 is 1.37 bits per heavy atom. The number of oxazole rings is 1. The summed E-state index contributed by atoms with van der Waals surface area (Å²) in [5.41, 5.74) is 8.69. The molecule has 3 aromatic rings. The van der Waals surface area contributed by atoms with Crippen LogP contribution in [0.15, 0.2) is 62.0 Å². The number of allylic oxidation sites excluding steroid dienone is 2. The molecule has 0 fully saturated rings. The quantitative estimate of drug-likeness (QED) is 0.301. The van der Waals surface area contributed by atoms with E-state index < -0.39 is 0 Å². The first-order valence-electron chi connectivity index (χ1n) is 9.38. The molecule has 0 saturated heterocycles. The highest BCUT2D eigenvalue weighted by Crippen LogP contribution is 2.27. The van der Waals surface area contributed by atoms with Gasteiger partial charge in [0.05, 0.1) is 28.9 Å². The largest absolute Gasteiger partial charge is 0.443 e. The number of amidine groups is 1. The molecule has 0 unspecified atom stereocenters. The van der Waals surface area contributed by atoms with E-state index in [9.17, 15) is 4.79 Å². The topological polar surface area (TPSA) is 106 Å². The summed E-state index contributed by atoms with van der Waals surface area (Å²) in [6.45, 7) is 6.01. The van der Waals surface area contributed by atoms with E-state index in [1.165, 1.54) is 12.5 Å². The third kappa shape index (κ3) is 5.31. The van der Waals surface area contributed by atoms with Gasteiger partial charge in [-0.1, -0.05) is 19.1 Å². The summed E-state index contributed by atoms with van der Waals surface area (Å²) >= 11 is 3.19. The third-order valence-electron chi connectivity index (χ3n) is 3.98. The lowest BCUT2D eigenvalue weighted by Crippen LogP contribution is -2.31. The first-order valence-corrected chi connectivity index (χ1v) is 11.1. The molecule has 9 heteroatoms. The van der Waals surface area contributed by atoms with E-state index in [2.05, 4.69) is 20.3 Å². The van der Waals surface area contributed by atoms with Crippen LogP contribution in [0.3, 0.4) is 0 Å². The Bertz CT molecular complexity index is 1070. The van der Waals surface area contributed by atoms with Crippen molar-refractivity contribution in [3.8, 4) is 9.88 Å². The Kier molecular flexibility index (Phi) is 7.31. The maximum Gasteiger partial charge on any atom is 0.255 e. The second-order valence-corrected chi connectivity index (χ2v) is 8.32. The van der Waals surface area contributed by atoms with Gasteiger partial charge in [-0.2, -0.15) is 0 Å². The van der Waals surface area contributed by atoms with Gasteiger partial charge in [-0.15, -0.1) is 22.7 Å². The van der Waals surface area contributed by atoms with Gasteiger partial charge < -0.3 is 15.5 Å². The summed E-state index contributed by atoms with van der Waals surface area (Å²) in [5, 5.41) is 7.79. The molecule has 0 bridgehead atoms. The number of hydrogen-bond donors (Lipinski definition) is 2. The lowest BCUT2D eigenvalue weighted by atomic mass is 10.1. The standard InChI is InChI=1S/C21H23N5O2S2/c1-4-6-15(18(22)26-17(13(2)3)20-23-8-9-28-20)19(27)24-11-14-12-30-21(25-14)16-7-5-10-29-16/h5-10,12H,4,11H2,1-3H3,(H2,22,26)(H,24,27)/b15-6-. The van der Waals surface area contributed by atoms with Gasteiger partial charge in [0.2, 0.25) is 5.89 Å². The fourth-order valence-corrected chi connectivity index (χ4v) is 4.21. The van der Waals surface area contributed by atoms with Crippen molar-refractivity contribution in [3.63, 3.8) is 0 Å². The SMILES string of the molecule is CC/C=C(\C(=O)NCc1csc(-c2cccs2)n1)C(N)=NC(=C(C)C)c1ncco1. The summed E-state index contributed by atoms with van der Waals surface area (Å²) in [5.74, 6) is 0.170. The van der Waals surface area contributed by atoms with E-state index >= 15 is 0 Å². The summed E-state index contributed by atoms with van der Waals surface area (Å²) in [6, 6.07) is 4.02. The Morgan fingerprint density at radius 2 is 2.20 bits per heavy atom. The predicted molar refractivity (Wildman–Crippen MR) is 122 cm³/mol. The number of aliphatic imine (C=N–C) groups is 1. The van der Waals surface area contributed by atoms with Crippen molar-refractivity contribution < 1.29 is 9.21 Å². The van der Waals surface area contributed by atoms with Gasteiger partial charge in [0.15, 0.2) is 0 Å². The van der Waals surface area contributed by atoms with Crippen molar-refractivity contribution in [2.75, 3.05) is 0 Å². The highest BCUT2D eigenvalue weighted by Gasteiger charge is 2.16. The molecule has 3 N–H and O–H groups in total. The molecule has 156 valence electrons. The number of carbonyl (C=O) groups excluding carboxylic acids is 1. The first-order chi connectivity index (χ1) is 14.5. The van der Waals surface area contributed by atoms with E-state index in [1.807, 2.05) is 43.7 Å². The minimum Gasteiger partial charge on any atom is -0.443 e. The average molecular weight is 442 g/mol. The van der Waals surface area contributed by atoms with Crippen LogP contribution in [-0.2, 0) is 11.3 Å². The van der Waals surface area contributed by atoms with E-state index in [0.717, 1.165) is 21.2 Å². The van der Waals surface area contributed by atoms with Gasteiger partial charge in [0.25, 0.3) is 5.91 Å². The highest BCUT2D eigenvalue weighted by molar-refractivity contribution is 7.20. The van der Waals surface area contributed by atoms with Crippen LogP contribution >= 0.6 is 22.7 Å².